The van der Waals surface area contributed by atoms with Gasteiger partial charge in [-0.15, -0.1) is 0 Å². The monoisotopic (exact) mass is 413 g/mol. The van der Waals surface area contributed by atoms with E-state index in [1.54, 1.807) is 18.1 Å². The van der Waals surface area contributed by atoms with Gasteiger partial charge in [0, 0.05) is 26.0 Å². The van der Waals surface area contributed by atoms with E-state index in [1.165, 1.54) is 21.0 Å². The van der Waals surface area contributed by atoms with E-state index in [2.05, 4.69) is 0 Å². The third-order valence-corrected chi connectivity index (χ3v) is 4.73. The molecule has 8 heteroatoms. The molecule has 0 aromatic heterocycles. The van der Waals surface area contributed by atoms with Crippen molar-refractivity contribution < 1.29 is 33.3 Å². The molecule has 2 aromatic carbocycles. The molecule has 158 valence electrons. The lowest BCUT2D eigenvalue weighted by Gasteiger charge is -2.17. The van der Waals surface area contributed by atoms with Crippen LogP contribution in [0.1, 0.15) is 40.9 Å². The van der Waals surface area contributed by atoms with Gasteiger partial charge in [-0.2, -0.15) is 0 Å². The number of hydrogen-bond acceptors (Lipinski definition) is 7. The predicted octanol–water partition coefficient (Wildman–Crippen LogP) is 2.85. The highest BCUT2D eigenvalue weighted by Crippen LogP contribution is 2.41. The van der Waals surface area contributed by atoms with E-state index < -0.39 is 11.9 Å². The molecule has 0 unspecified atom stereocenters. The van der Waals surface area contributed by atoms with Crippen LogP contribution in [0.2, 0.25) is 0 Å². The van der Waals surface area contributed by atoms with Crippen molar-refractivity contribution in [3.05, 3.63) is 52.6 Å². The average Bonchev–Trinajstić information content (AvgIpc) is 3.02. The summed E-state index contributed by atoms with van der Waals surface area (Å²) in [5, 5.41) is 0. The van der Waals surface area contributed by atoms with Gasteiger partial charge in [0.05, 0.1) is 31.9 Å². The van der Waals surface area contributed by atoms with Gasteiger partial charge in [0.2, 0.25) is 0 Å². The van der Waals surface area contributed by atoms with Crippen molar-refractivity contribution in [3.8, 4) is 17.2 Å². The van der Waals surface area contributed by atoms with Gasteiger partial charge in [0.25, 0.3) is 5.91 Å². The summed E-state index contributed by atoms with van der Waals surface area (Å²) in [5.74, 6) is 0.00651. The van der Waals surface area contributed by atoms with Crippen LogP contribution in [0.3, 0.4) is 0 Å². The van der Waals surface area contributed by atoms with Crippen molar-refractivity contribution in [2.75, 3.05) is 14.2 Å². The van der Waals surface area contributed by atoms with E-state index in [1.807, 2.05) is 24.3 Å². The van der Waals surface area contributed by atoms with Crippen molar-refractivity contribution in [2.45, 2.75) is 33.5 Å². The SMILES string of the molecule is COc1ccc(CN2Cc3c(cc(OC)c(COC(C)=O)c3OC(C)=O)C2=O)cc1. The highest BCUT2D eigenvalue weighted by Gasteiger charge is 2.34. The van der Waals surface area contributed by atoms with Gasteiger partial charge in [-0.05, 0) is 23.8 Å². The van der Waals surface area contributed by atoms with Crippen LogP contribution in [0, 0.1) is 0 Å². The molecule has 8 nitrogen and oxygen atoms in total. The third kappa shape index (κ3) is 4.37. The van der Waals surface area contributed by atoms with Crippen molar-refractivity contribution in [1.29, 1.82) is 0 Å². The number of methoxy groups -OCH3 is 2. The van der Waals surface area contributed by atoms with Crippen LogP contribution in [0.15, 0.2) is 30.3 Å². The molecule has 0 saturated heterocycles. The molecule has 0 aliphatic carbocycles. The summed E-state index contributed by atoms with van der Waals surface area (Å²) >= 11 is 0. The minimum absolute atomic E-state index is 0.138. The van der Waals surface area contributed by atoms with Gasteiger partial charge in [-0.1, -0.05) is 12.1 Å². The maximum absolute atomic E-state index is 13.0. The van der Waals surface area contributed by atoms with Crippen LogP contribution < -0.4 is 14.2 Å². The Bertz CT molecular complexity index is 982. The molecule has 0 fully saturated rings. The summed E-state index contributed by atoms with van der Waals surface area (Å²) in [5.41, 5.74) is 2.29. The minimum atomic E-state index is -0.546. The fourth-order valence-electron chi connectivity index (χ4n) is 3.34. The lowest BCUT2D eigenvalue weighted by atomic mass is 10.0. The quantitative estimate of drug-likeness (QED) is 0.509. The number of fused-ring (bicyclic) bond motifs is 1. The topological polar surface area (TPSA) is 91.4 Å². The summed E-state index contributed by atoms with van der Waals surface area (Å²) in [7, 11) is 3.03. The Balaban J connectivity index is 1.97. The Hall–Kier alpha value is -3.55. The summed E-state index contributed by atoms with van der Waals surface area (Å²) in [6.07, 6.45) is 0. The maximum atomic E-state index is 13.0. The van der Waals surface area contributed by atoms with Crippen LogP contribution >= 0.6 is 0 Å². The Morgan fingerprint density at radius 2 is 1.73 bits per heavy atom. The Morgan fingerprint density at radius 3 is 2.30 bits per heavy atom. The molecule has 0 atom stereocenters. The first-order valence-corrected chi connectivity index (χ1v) is 9.30. The van der Waals surface area contributed by atoms with Crippen LogP contribution in [0.25, 0.3) is 0 Å². The highest BCUT2D eigenvalue weighted by molar-refractivity contribution is 6.00. The lowest BCUT2D eigenvalue weighted by Crippen LogP contribution is -2.23. The second kappa shape index (κ2) is 8.86. The molecule has 3 rings (SSSR count). The first-order valence-electron chi connectivity index (χ1n) is 9.30. The zero-order chi connectivity index (χ0) is 21.8. The van der Waals surface area contributed by atoms with E-state index in [-0.39, 0.29) is 24.8 Å². The van der Waals surface area contributed by atoms with Gasteiger partial charge < -0.3 is 23.8 Å². The van der Waals surface area contributed by atoms with E-state index in [0.717, 1.165) is 11.3 Å². The number of carbonyl (C=O) groups excluding carboxylic acids is 3. The molecule has 1 amide bonds. The van der Waals surface area contributed by atoms with Crippen LogP contribution in [-0.4, -0.2) is 37.0 Å². The first kappa shape index (κ1) is 21.2. The van der Waals surface area contributed by atoms with E-state index in [4.69, 9.17) is 18.9 Å². The second-order valence-corrected chi connectivity index (χ2v) is 6.80. The van der Waals surface area contributed by atoms with Gasteiger partial charge in [0.1, 0.15) is 23.9 Å². The number of esters is 2. The normalized spacial score (nSPS) is 12.4. The molecule has 1 aliphatic rings. The van der Waals surface area contributed by atoms with E-state index in [9.17, 15) is 14.4 Å². The maximum Gasteiger partial charge on any atom is 0.308 e. The summed E-state index contributed by atoms with van der Waals surface area (Å²) in [6, 6.07) is 9.02. The number of benzene rings is 2. The standard InChI is InChI=1S/C22H23NO7/c1-13(24)29-12-19-20(28-4)9-17-18(21(19)30-14(2)25)11-23(22(17)26)10-15-5-7-16(27-3)8-6-15/h5-9H,10-12H2,1-4H3. The minimum Gasteiger partial charge on any atom is -0.497 e. The number of rotatable bonds is 7. The first-order chi connectivity index (χ1) is 14.3. The van der Waals surface area contributed by atoms with Gasteiger partial charge in [-0.25, -0.2) is 0 Å². The van der Waals surface area contributed by atoms with Crippen molar-refractivity contribution in [3.63, 3.8) is 0 Å². The summed E-state index contributed by atoms with van der Waals surface area (Å²) in [6.45, 7) is 3.04. The zero-order valence-electron chi connectivity index (χ0n) is 17.3. The predicted molar refractivity (Wildman–Crippen MR) is 106 cm³/mol. The molecule has 30 heavy (non-hydrogen) atoms. The number of amides is 1. The van der Waals surface area contributed by atoms with Gasteiger partial charge >= 0.3 is 11.9 Å². The molecule has 1 heterocycles. The molecule has 1 aliphatic heterocycles. The third-order valence-electron chi connectivity index (χ3n) is 4.73. The zero-order valence-corrected chi connectivity index (χ0v) is 17.3. The van der Waals surface area contributed by atoms with Crippen molar-refractivity contribution >= 4 is 17.8 Å². The van der Waals surface area contributed by atoms with Crippen molar-refractivity contribution in [2.24, 2.45) is 0 Å². The number of ether oxygens (including phenoxy) is 4. The smallest absolute Gasteiger partial charge is 0.308 e. The summed E-state index contributed by atoms with van der Waals surface area (Å²) in [4.78, 5) is 37.7. The number of hydrogen-bond donors (Lipinski definition) is 0. The largest absolute Gasteiger partial charge is 0.497 e. The highest BCUT2D eigenvalue weighted by atomic mass is 16.5. The molecular formula is C22H23NO7. The second-order valence-electron chi connectivity index (χ2n) is 6.80. The van der Waals surface area contributed by atoms with Crippen molar-refractivity contribution in [1.82, 2.24) is 4.90 Å². The Labute approximate surface area is 174 Å². The Morgan fingerprint density at radius 1 is 1.03 bits per heavy atom. The molecule has 0 saturated carbocycles. The molecule has 0 bridgehead atoms. The van der Waals surface area contributed by atoms with Crippen LogP contribution in [0.4, 0.5) is 0 Å². The van der Waals surface area contributed by atoms with Gasteiger partial charge in [-0.3, -0.25) is 14.4 Å². The Kier molecular flexibility index (Phi) is 6.25. The van der Waals surface area contributed by atoms with Gasteiger partial charge in [0.15, 0.2) is 0 Å². The van der Waals surface area contributed by atoms with E-state index >= 15 is 0 Å². The van der Waals surface area contributed by atoms with Crippen LogP contribution in [0.5, 0.6) is 17.2 Å². The molecule has 0 spiro atoms. The van der Waals surface area contributed by atoms with E-state index in [0.29, 0.717) is 29.0 Å². The summed E-state index contributed by atoms with van der Waals surface area (Å²) < 4.78 is 21.1. The average molecular weight is 413 g/mol. The fourth-order valence-corrected chi connectivity index (χ4v) is 3.34. The number of carbonyl (C=O) groups is 3. The van der Waals surface area contributed by atoms with Crippen LogP contribution in [-0.2, 0) is 34.0 Å². The number of nitrogens with zero attached hydrogens (tertiary/aromatic N) is 1. The lowest BCUT2D eigenvalue weighted by molar-refractivity contribution is -0.142. The molecular weight excluding hydrogens is 390 g/mol. The molecule has 0 N–H and O–H groups in total. The molecule has 0 radical (unpaired) electrons. The fraction of sp³-hybridized carbons (Fsp3) is 0.318. The molecule has 2 aromatic rings.